The molecule has 1 aromatic rings. The summed E-state index contributed by atoms with van der Waals surface area (Å²) in [5, 5.41) is 0. The Hall–Kier alpha value is -1.93. The van der Waals surface area contributed by atoms with Crippen molar-refractivity contribution in [3.05, 3.63) is 23.8 Å². The topological polar surface area (TPSA) is 46.3 Å². The fourth-order valence-electron chi connectivity index (χ4n) is 2.27. The molecule has 0 aromatic heterocycles. The van der Waals surface area contributed by atoms with Crippen LogP contribution in [0.3, 0.4) is 0 Å². The molecule has 2 N–H and O–H groups in total. The van der Waals surface area contributed by atoms with Crippen LogP contribution in [0.4, 0.5) is 37.7 Å². The first-order valence-electron chi connectivity index (χ1n) is 5.85. The van der Waals surface area contributed by atoms with E-state index in [0.717, 1.165) is 0 Å². The summed E-state index contributed by atoms with van der Waals surface area (Å²) in [6.07, 6.45) is -11.2. The van der Waals surface area contributed by atoms with Gasteiger partial charge >= 0.3 is 12.4 Å². The Morgan fingerprint density at radius 3 is 2.24 bits per heavy atom. The molecule has 0 unspecified atom stereocenters. The highest BCUT2D eigenvalue weighted by Gasteiger charge is 2.62. The Balaban J connectivity index is 2.37. The molecule has 0 saturated heterocycles. The third-order valence-corrected chi connectivity index (χ3v) is 3.17. The molecule has 1 aromatic carbocycles. The molecule has 2 rings (SSSR count). The molecule has 21 heavy (non-hydrogen) atoms. The summed E-state index contributed by atoms with van der Waals surface area (Å²) in [5.41, 5.74) is 6.30. The van der Waals surface area contributed by atoms with Crippen LogP contribution in [-0.4, -0.2) is 24.8 Å². The maximum absolute atomic E-state index is 12.6. The number of benzene rings is 1. The van der Waals surface area contributed by atoms with Gasteiger partial charge < -0.3 is 10.6 Å². The molecule has 1 aliphatic heterocycles. The molecule has 0 aliphatic carbocycles. The molecule has 116 valence electrons. The van der Waals surface area contributed by atoms with Crippen LogP contribution < -0.4 is 10.6 Å². The number of alkyl halides is 6. The molecule has 9 heteroatoms. The van der Waals surface area contributed by atoms with Crippen molar-refractivity contribution in [3.63, 3.8) is 0 Å². The van der Waals surface area contributed by atoms with Crippen LogP contribution in [0.15, 0.2) is 18.2 Å². The van der Waals surface area contributed by atoms with E-state index in [2.05, 4.69) is 0 Å². The number of fused-ring (bicyclic) bond motifs is 1. The molecule has 0 fully saturated rings. The van der Waals surface area contributed by atoms with Crippen LogP contribution in [-0.2, 0) is 11.2 Å². The van der Waals surface area contributed by atoms with Gasteiger partial charge in [-0.3, -0.25) is 4.79 Å². The van der Waals surface area contributed by atoms with Crippen LogP contribution in [0.2, 0.25) is 0 Å². The Bertz CT molecular complexity index is 552. The van der Waals surface area contributed by atoms with Crippen molar-refractivity contribution in [1.29, 1.82) is 0 Å². The Morgan fingerprint density at radius 1 is 1.14 bits per heavy atom. The number of amides is 1. The summed E-state index contributed by atoms with van der Waals surface area (Å²) in [6.45, 7) is -0.236. The third kappa shape index (κ3) is 2.91. The van der Waals surface area contributed by atoms with Gasteiger partial charge in [-0.25, -0.2) is 0 Å². The molecule has 0 atom stereocenters. The van der Waals surface area contributed by atoms with E-state index in [1.165, 1.54) is 18.2 Å². The molecule has 1 amide bonds. The van der Waals surface area contributed by atoms with Gasteiger partial charge in [-0.1, -0.05) is 0 Å². The van der Waals surface area contributed by atoms with Crippen molar-refractivity contribution in [3.8, 4) is 0 Å². The second-order valence-corrected chi connectivity index (χ2v) is 4.64. The summed E-state index contributed by atoms with van der Waals surface area (Å²) < 4.78 is 75.4. The third-order valence-electron chi connectivity index (χ3n) is 3.17. The van der Waals surface area contributed by atoms with Crippen molar-refractivity contribution in [2.75, 3.05) is 17.2 Å². The number of carbonyl (C=O) groups is 1. The zero-order chi connectivity index (χ0) is 16.0. The number of hydrogen-bond acceptors (Lipinski definition) is 2. The highest BCUT2D eigenvalue weighted by atomic mass is 19.4. The normalized spacial score (nSPS) is 15.5. The summed E-state index contributed by atoms with van der Waals surface area (Å²) in [5.74, 6) is -6.04. The monoisotopic (exact) mass is 312 g/mol. The number of anilines is 2. The van der Waals surface area contributed by atoms with Gasteiger partial charge in [0.2, 0.25) is 11.8 Å². The lowest BCUT2D eigenvalue weighted by Gasteiger charge is -2.27. The quantitative estimate of drug-likeness (QED) is 0.640. The average molecular weight is 312 g/mol. The number of carbonyl (C=O) groups excluding carboxylic acids is 1. The van der Waals surface area contributed by atoms with E-state index in [0.29, 0.717) is 16.2 Å². The molecule has 0 saturated carbocycles. The number of nitrogens with zero attached hydrogens (tertiary/aromatic N) is 1. The van der Waals surface area contributed by atoms with E-state index in [4.69, 9.17) is 5.73 Å². The van der Waals surface area contributed by atoms with Gasteiger partial charge in [0.1, 0.15) is 0 Å². The van der Waals surface area contributed by atoms with Gasteiger partial charge in [-0.05, 0) is 30.2 Å². The van der Waals surface area contributed by atoms with Crippen molar-refractivity contribution in [2.45, 2.75) is 18.8 Å². The van der Waals surface area contributed by atoms with Gasteiger partial charge in [0.15, 0.2) is 0 Å². The standard InChI is InChI=1S/C12H10F6N2O/c13-11(14,15)9(12(16,17)18)10(21)20-4-3-6-5-7(19)1-2-8(6)20/h1-2,5,9H,3-4,19H2. The molecular weight excluding hydrogens is 302 g/mol. The zero-order valence-corrected chi connectivity index (χ0v) is 10.4. The van der Waals surface area contributed by atoms with E-state index < -0.39 is 24.2 Å². The smallest absolute Gasteiger partial charge is 0.399 e. The second-order valence-electron chi connectivity index (χ2n) is 4.64. The van der Waals surface area contributed by atoms with Crippen LogP contribution in [0.5, 0.6) is 0 Å². The van der Waals surface area contributed by atoms with Gasteiger partial charge in [-0.15, -0.1) is 0 Å². The maximum Gasteiger partial charge on any atom is 0.409 e. The Labute approximate surface area is 115 Å². The largest absolute Gasteiger partial charge is 0.409 e. The number of nitrogens with two attached hydrogens (primary N) is 1. The van der Waals surface area contributed by atoms with Gasteiger partial charge in [0.25, 0.3) is 0 Å². The second kappa shape index (κ2) is 4.81. The summed E-state index contributed by atoms with van der Waals surface area (Å²) in [7, 11) is 0. The van der Waals surface area contributed by atoms with E-state index in [1.807, 2.05) is 0 Å². The van der Waals surface area contributed by atoms with Gasteiger partial charge in [-0.2, -0.15) is 26.3 Å². The highest BCUT2D eigenvalue weighted by molar-refractivity contribution is 5.98. The van der Waals surface area contributed by atoms with Gasteiger partial charge in [0.05, 0.1) is 0 Å². The molecule has 1 heterocycles. The van der Waals surface area contributed by atoms with E-state index in [-0.39, 0.29) is 18.7 Å². The minimum Gasteiger partial charge on any atom is -0.399 e. The molecule has 0 bridgehead atoms. The van der Waals surface area contributed by atoms with Crippen molar-refractivity contribution < 1.29 is 31.1 Å². The minimum atomic E-state index is -5.69. The molecule has 1 aliphatic rings. The number of hydrogen-bond donors (Lipinski definition) is 1. The first-order valence-corrected chi connectivity index (χ1v) is 5.85. The SMILES string of the molecule is Nc1ccc2c(c1)CCN2C(=O)C(C(F)(F)F)C(F)(F)F. The minimum absolute atomic E-state index is 0.0349. The molecular formula is C12H10F6N2O. The summed E-state index contributed by atoms with van der Waals surface area (Å²) in [4.78, 5) is 12.3. The molecule has 3 nitrogen and oxygen atoms in total. The fraction of sp³-hybridized carbons (Fsp3) is 0.417. The Morgan fingerprint density at radius 2 is 1.71 bits per heavy atom. The average Bonchev–Trinajstić information content (AvgIpc) is 2.67. The maximum atomic E-state index is 12.6. The van der Waals surface area contributed by atoms with Crippen LogP contribution >= 0.6 is 0 Å². The lowest BCUT2D eigenvalue weighted by Crippen LogP contribution is -2.49. The first kappa shape index (κ1) is 15.5. The van der Waals surface area contributed by atoms with E-state index in [9.17, 15) is 31.1 Å². The highest BCUT2D eigenvalue weighted by Crippen LogP contribution is 2.42. The first-order chi connectivity index (χ1) is 9.51. The number of nitrogen functional groups attached to an aromatic ring is 1. The molecule has 0 spiro atoms. The molecule has 0 radical (unpaired) electrons. The predicted molar refractivity (Wildman–Crippen MR) is 62.5 cm³/mol. The van der Waals surface area contributed by atoms with Crippen molar-refractivity contribution in [2.24, 2.45) is 5.92 Å². The predicted octanol–water partition coefficient (Wildman–Crippen LogP) is 2.90. The Kier molecular flexibility index (Phi) is 3.54. The number of rotatable bonds is 1. The summed E-state index contributed by atoms with van der Waals surface area (Å²) >= 11 is 0. The lowest BCUT2D eigenvalue weighted by atomic mass is 10.1. The van der Waals surface area contributed by atoms with Crippen LogP contribution in [0.25, 0.3) is 0 Å². The van der Waals surface area contributed by atoms with Crippen LogP contribution in [0, 0.1) is 5.92 Å². The van der Waals surface area contributed by atoms with Crippen molar-refractivity contribution >= 4 is 17.3 Å². The van der Waals surface area contributed by atoms with Crippen molar-refractivity contribution in [1.82, 2.24) is 0 Å². The van der Waals surface area contributed by atoms with Gasteiger partial charge in [0, 0.05) is 17.9 Å². The zero-order valence-electron chi connectivity index (χ0n) is 10.4. The van der Waals surface area contributed by atoms with Crippen LogP contribution in [0.1, 0.15) is 5.56 Å². The lowest BCUT2D eigenvalue weighted by molar-refractivity contribution is -0.273. The summed E-state index contributed by atoms with van der Waals surface area (Å²) in [6, 6.07) is 4.00. The van der Waals surface area contributed by atoms with E-state index >= 15 is 0 Å². The fourth-order valence-corrected chi connectivity index (χ4v) is 2.27. The van der Waals surface area contributed by atoms with E-state index in [1.54, 1.807) is 0 Å². The number of halogens is 6.